The molecular formula is C27H24N4O2S2. The molecule has 6 nitrogen and oxygen atoms in total. The molecule has 0 bridgehead atoms. The molecule has 1 aliphatic carbocycles. The second kappa shape index (κ2) is 8.77. The average Bonchev–Trinajstić information content (AvgIpc) is 3.47. The Balaban J connectivity index is 1.56. The Morgan fingerprint density at radius 3 is 2.66 bits per heavy atom. The maximum absolute atomic E-state index is 14.0. The molecule has 176 valence electrons. The van der Waals surface area contributed by atoms with Crippen LogP contribution in [0.5, 0.6) is 0 Å². The summed E-state index contributed by atoms with van der Waals surface area (Å²) in [4.78, 5) is 28.9. The molecule has 0 saturated carbocycles. The monoisotopic (exact) mass is 500 g/mol. The Morgan fingerprint density at radius 2 is 1.89 bits per heavy atom. The third-order valence-corrected chi connectivity index (χ3v) is 8.87. The molecule has 0 N–H and O–H groups in total. The highest BCUT2D eigenvalue weighted by Crippen LogP contribution is 2.41. The third kappa shape index (κ3) is 3.72. The number of aryl methyl sites for hydroxylation is 2. The van der Waals surface area contributed by atoms with E-state index in [1.165, 1.54) is 22.2 Å². The number of hydrogen-bond donors (Lipinski definition) is 0. The van der Waals surface area contributed by atoms with E-state index in [1.54, 1.807) is 15.9 Å². The molecule has 3 aromatic heterocycles. The van der Waals surface area contributed by atoms with Gasteiger partial charge in [-0.15, -0.1) is 21.5 Å². The quantitative estimate of drug-likeness (QED) is 0.225. The number of thiophene rings is 1. The standard InChI is InChI=1S/C27H24N4O2S2/c1-16-11-13-19(14-12-16)30-24(33)23-22-17(2)7-6-10-21(22)35-25(23)31-26(30)28-29-27(31)34-15-20(32)18-8-4-3-5-9-18/h3-5,8-9,11-14,17H,6-7,10,15H2,1-2H3/t17-/m0/s1. The summed E-state index contributed by atoms with van der Waals surface area (Å²) >= 11 is 3.04. The van der Waals surface area contributed by atoms with Crippen molar-refractivity contribution < 1.29 is 4.79 Å². The molecule has 35 heavy (non-hydrogen) atoms. The minimum Gasteiger partial charge on any atom is -0.293 e. The highest BCUT2D eigenvalue weighted by Gasteiger charge is 2.28. The Kier molecular flexibility index (Phi) is 5.57. The molecule has 1 aliphatic rings. The van der Waals surface area contributed by atoms with E-state index in [0.717, 1.165) is 40.7 Å². The summed E-state index contributed by atoms with van der Waals surface area (Å²) in [6.07, 6.45) is 3.20. The first-order valence-corrected chi connectivity index (χ1v) is 13.6. The number of thioether (sulfide) groups is 1. The van der Waals surface area contributed by atoms with Gasteiger partial charge in [-0.25, -0.2) is 8.97 Å². The highest BCUT2D eigenvalue weighted by molar-refractivity contribution is 7.99. The van der Waals surface area contributed by atoms with Crippen LogP contribution in [-0.4, -0.2) is 30.7 Å². The molecule has 1 atom stereocenters. The van der Waals surface area contributed by atoms with Gasteiger partial charge in [0.15, 0.2) is 10.9 Å². The van der Waals surface area contributed by atoms with Gasteiger partial charge in [-0.1, -0.05) is 66.7 Å². The van der Waals surface area contributed by atoms with E-state index in [4.69, 9.17) is 0 Å². The number of ketones is 1. The topological polar surface area (TPSA) is 69.3 Å². The van der Waals surface area contributed by atoms with Crippen LogP contribution in [0, 0.1) is 6.92 Å². The summed E-state index contributed by atoms with van der Waals surface area (Å²) in [7, 11) is 0. The van der Waals surface area contributed by atoms with E-state index in [-0.39, 0.29) is 17.1 Å². The predicted octanol–water partition coefficient (Wildman–Crippen LogP) is 5.82. The van der Waals surface area contributed by atoms with Crippen LogP contribution in [0.2, 0.25) is 0 Å². The SMILES string of the molecule is Cc1ccc(-n2c(=O)c3c4c(sc3n3c(SCC(=O)c5ccccc5)nnc23)CCC[C@@H]4C)cc1. The van der Waals surface area contributed by atoms with Crippen LogP contribution in [0.4, 0.5) is 0 Å². The van der Waals surface area contributed by atoms with Gasteiger partial charge in [0, 0.05) is 10.4 Å². The number of benzene rings is 2. The minimum atomic E-state index is -0.0492. The Hall–Kier alpha value is -3.23. The number of carbonyl (C=O) groups is 1. The van der Waals surface area contributed by atoms with Gasteiger partial charge in [-0.05, 0) is 49.8 Å². The fraction of sp³-hybridized carbons (Fsp3) is 0.259. The van der Waals surface area contributed by atoms with Gasteiger partial charge in [-0.3, -0.25) is 9.59 Å². The maximum atomic E-state index is 14.0. The molecule has 3 heterocycles. The van der Waals surface area contributed by atoms with E-state index in [1.807, 2.05) is 65.9 Å². The van der Waals surface area contributed by atoms with Crippen molar-refractivity contribution in [2.24, 2.45) is 0 Å². The molecule has 5 aromatic rings. The number of rotatable bonds is 5. The van der Waals surface area contributed by atoms with Crippen molar-refractivity contribution >= 4 is 44.9 Å². The van der Waals surface area contributed by atoms with Gasteiger partial charge in [0.1, 0.15) is 4.83 Å². The van der Waals surface area contributed by atoms with Crippen molar-refractivity contribution in [3.05, 3.63) is 86.5 Å². The number of aromatic nitrogens is 4. The third-order valence-electron chi connectivity index (χ3n) is 6.69. The maximum Gasteiger partial charge on any atom is 0.268 e. The lowest BCUT2D eigenvalue weighted by Crippen LogP contribution is -2.22. The molecule has 2 aromatic carbocycles. The van der Waals surface area contributed by atoms with Crippen molar-refractivity contribution in [3.63, 3.8) is 0 Å². The first-order chi connectivity index (χ1) is 17.0. The van der Waals surface area contributed by atoms with Gasteiger partial charge in [0.05, 0.1) is 16.8 Å². The molecule has 0 amide bonds. The molecule has 6 rings (SSSR count). The molecule has 0 aliphatic heterocycles. The summed E-state index contributed by atoms with van der Waals surface area (Å²) in [5.41, 5.74) is 3.69. The van der Waals surface area contributed by atoms with Crippen LogP contribution in [0.25, 0.3) is 21.7 Å². The zero-order chi connectivity index (χ0) is 24.1. The van der Waals surface area contributed by atoms with Gasteiger partial charge in [0.2, 0.25) is 5.78 Å². The van der Waals surface area contributed by atoms with Crippen molar-refractivity contribution in [1.29, 1.82) is 0 Å². The Labute approximate surface area is 210 Å². The fourth-order valence-electron chi connectivity index (χ4n) is 4.91. The lowest BCUT2D eigenvalue weighted by Gasteiger charge is -2.18. The highest BCUT2D eigenvalue weighted by atomic mass is 32.2. The Morgan fingerprint density at radius 1 is 1.11 bits per heavy atom. The first-order valence-electron chi connectivity index (χ1n) is 11.8. The molecule has 0 fully saturated rings. The summed E-state index contributed by atoms with van der Waals surface area (Å²) in [5.74, 6) is 1.09. The van der Waals surface area contributed by atoms with Crippen LogP contribution >= 0.6 is 23.1 Å². The molecule has 8 heteroatoms. The average molecular weight is 501 g/mol. The molecule has 0 radical (unpaired) electrons. The normalized spacial score (nSPS) is 15.5. The smallest absolute Gasteiger partial charge is 0.268 e. The number of fused-ring (bicyclic) bond motifs is 5. The summed E-state index contributed by atoms with van der Waals surface area (Å²) < 4.78 is 3.65. The summed E-state index contributed by atoms with van der Waals surface area (Å²) in [6.45, 7) is 4.24. The van der Waals surface area contributed by atoms with Gasteiger partial charge < -0.3 is 0 Å². The zero-order valence-electron chi connectivity index (χ0n) is 19.5. The molecular weight excluding hydrogens is 476 g/mol. The van der Waals surface area contributed by atoms with Gasteiger partial charge in [0.25, 0.3) is 5.56 Å². The lowest BCUT2D eigenvalue weighted by molar-refractivity contribution is 0.102. The summed E-state index contributed by atoms with van der Waals surface area (Å²) in [5, 5.41) is 10.3. The number of Topliss-reactive ketones (excluding diaryl/α,β-unsaturated/α-hetero) is 1. The predicted molar refractivity (Wildman–Crippen MR) is 142 cm³/mol. The van der Waals surface area contributed by atoms with E-state index < -0.39 is 0 Å². The second-order valence-electron chi connectivity index (χ2n) is 9.08. The van der Waals surface area contributed by atoms with Crippen LogP contribution in [0.3, 0.4) is 0 Å². The number of carbonyl (C=O) groups excluding carboxylic acids is 1. The second-order valence-corrected chi connectivity index (χ2v) is 11.1. The van der Waals surface area contributed by atoms with E-state index in [0.29, 0.717) is 22.4 Å². The number of hydrogen-bond acceptors (Lipinski definition) is 6. The van der Waals surface area contributed by atoms with Crippen LogP contribution in [-0.2, 0) is 6.42 Å². The van der Waals surface area contributed by atoms with Crippen LogP contribution < -0.4 is 5.56 Å². The van der Waals surface area contributed by atoms with Crippen molar-refractivity contribution in [2.75, 3.05) is 5.75 Å². The zero-order valence-corrected chi connectivity index (χ0v) is 21.2. The molecule has 0 saturated heterocycles. The van der Waals surface area contributed by atoms with Crippen molar-refractivity contribution in [2.45, 2.75) is 44.2 Å². The summed E-state index contributed by atoms with van der Waals surface area (Å²) in [6, 6.07) is 17.2. The van der Waals surface area contributed by atoms with Crippen molar-refractivity contribution in [3.8, 4) is 5.69 Å². The Bertz CT molecular complexity index is 1630. The van der Waals surface area contributed by atoms with Gasteiger partial charge >= 0.3 is 0 Å². The van der Waals surface area contributed by atoms with Crippen LogP contribution in [0.1, 0.15) is 52.0 Å². The molecule has 0 unspecified atom stereocenters. The largest absolute Gasteiger partial charge is 0.293 e. The lowest BCUT2D eigenvalue weighted by atomic mass is 9.88. The first kappa shape index (κ1) is 22.2. The van der Waals surface area contributed by atoms with E-state index in [2.05, 4.69) is 17.1 Å². The van der Waals surface area contributed by atoms with Crippen molar-refractivity contribution in [1.82, 2.24) is 19.2 Å². The van der Waals surface area contributed by atoms with E-state index >= 15 is 0 Å². The minimum absolute atomic E-state index is 0.0366. The molecule has 0 spiro atoms. The fourth-order valence-corrected chi connectivity index (χ4v) is 7.24. The van der Waals surface area contributed by atoms with E-state index in [9.17, 15) is 9.59 Å². The van der Waals surface area contributed by atoms with Gasteiger partial charge in [-0.2, -0.15) is 0 Å². The van der Waals surface area contributed by atoms with Crippen LogP contribution in [0.15, 0.2) is 64.5 Å². The number of nitrogens with zero attached hydrogens (tertiary/aromatic N) is 4.